The molecule has 13 nitrogen and oxygen atoms in total. The first-order valence-electron chi connectivity index (χ1n) is 16.2. The number of allylic oxidation sites excluding steroid dienone is 1. The zero-order valence-electron chi connectivity index (χ0n) is 27.0. The number of aliphatic hydroxyl groups excluding tert-OH is 2. The minimum Gasteiger partial charge on any atom is -0.480 e. The molecule has 0 unspecified atom stereocenters. The quantitative estimate of drug-likeness (QED) is 0.163. The van der Waals surface area contributed by atoms with Crippen molar-refractivity contribution in [3.63, 3.8) is 0 Å². The number of ether oxygens (including phenoxy) is 1. The van der Waals surface area contributed by atoms with E-state index in [4.69, 9.17) is 14.9 Å². The number of hydrogen-bond donors (Lipinski definition) is 6. The molecule has 4 aliphatic rings. The molecule has 0 aliphatic heterocycles. The number of carbonyl (C=O) groups is 6. The first kappa shape index (κ1) is 35.7. The van der Waals surface area contributed by atoms with E-state index in [9.17, 15) is 39.0 Å². The van der Waals surface area contributed by atoms with Crippen molar-refractivity contribution in [3.8, 4) is 0 Å². The molecule has 2 amide bonds. The van der Waals surface area contributed by atoms with Crippen LogP contribution in [0.4, 0.5) is 0 Å². The first-order chi connectivity index (χ1) is 21.5. The van der Waals surface area contributed by atoms with Gasteiger partial charge < -0.3 is 35.8 Å². The summed E-state index contributed by atoms with van der Waals surface area (Å²) in [5.74, 6) is -4.76. The highest BCUT2D eigenvalue weighted by Gasteiger charge is 2.68. The Labute approximate surface area is 268 Å². The Morgan fingerprint density at radius 3 is 2.37 bits per heavy atom. The van der Waals surface area contributed by atoms with Crippen LogP contribution in [0.2, 0.25) is 0 Å². The van der Waals surface area contributed by atoms with Crippen molar-refractivity contribution in [2.75, 3.05) is 13.2 Å². The first-order valence-corrected chi connectivity index (χ1v) is 16.2. The van der Waals surface area contributed by atoms with Crippen molar-refractivity contribution in [2.45, 2.75) is 109 Å². The number of Topliss-reactive ketones (excluding diaryl/α,β-unsaturated/α-hetero) is 1. The maximum atomic E-state index is 13.5. The molecule has 3 fully saturated rings. The van der Waals surface area contributed by atoms with Gasteiger partial charge in [-0.05, 0) is 73.7 Å². The number of aliphatic carboxylic acids is 1. The summed E-state index contributed by atoms with van der Waals surface area (Å²) in [5, 5.41) is 46.2. The number of fused-ring (bicyclic) bond motifs is 5. The van der Waals surface area contributed by atoms with Crippen molar-refractivity contribution < 1.29 is 53.9 Å². The number of amides is 2. The van der Waals surface area contributed by atoms with Gasteiger partial charge in [0.25, 0.3) is 0 Å². The smallest absolute Gasteiger partial charge is 0.328 e. The molecule has 0 radical (unpaired) electrons. The van der Waals surface area contributed by atoms with E-state index >= 15 is 0 Å². The third kappa shape index (κ3) is 6.50. The lowest BCUT2D eigenvalue weighted by molar-refractivity contribution is -0.184. The molecule has 6 N–H and O–H groups in total. The summed E-state index contributed by atoms with van der Waals surface area (Å²) >= 11 is 0. The second-order valence-electron chi connectivity index (χ2n) is 14.4. The fraction of sp³-hybridized carbons (Fsp3) is 0.758. The third-order valence-electron chi connectivity index (χ3n) is 11.5. The summed E-state index contributed by atoms with van der Waals surface area (Å²) in [6, 6.07) is -2.66. The van der Waals surface area contributed by atoms with E-state index in [1.54, 1.807) is 19.9 Å². The molecule has 0 aromatic heterocycles. The zero-order chi connectivity index (χ0) is 34.2. The Kier molecular flexibility index (Phi) is 10.5. The topological polar surface area (TPSA) is 217 Å². The minimum absolute atomic E-state index is 0.0282. The molecule has 0 aromatic rings. The molecule has 13 heteroatoms. The van der Waals surface area contributed by atoms with Gasteiger partial charge in [0.1, 0.15) is 17.7 Å². The number of nitrogens with one attached hydrogen (secondary N) is 2. The highest BCUT2D eigenvalue weighted by molar-refractivity contribution is 5.93. The van der Waals surface area contributed by atoms with E-state index in [1.165, 1.54) is 0 Å². The number of carbonyl (C=O) groups excluding carboxylic acids is 5. The van der Waals surface area contributed by atoms with E-state index in [1.807, 2.05) is 6.92 Å². The Bertz CT molecular complexity index is 1300. The van der Waals surface area contributed by atoms with Gasteiger partial charge in [0, 0.05) is 18.3 Å². The largest absolute Gasteiger partial charge is 0.480 e. The molecule has 9 atom stereocenters. The van der Waals surface area contributed by atoms with E-state index in [-0.39, 0.29) is 48.2 Å². The number of rotatable bonds is 12. The van der Waals surface area contributed by atoms with Crippen LogP contribution in [0.3, 0.4) is 0 Å². The molecular formula is C33H48N2O11. The summed E-state index contributed by atoms with van der Waals surface area (Å²) in [5.41, 5.74) is -1.94. The predicted octanol–water partition coefficient (Wildman–Crippen LogP) is 0.815. The molecule has 256 valence electrons. The molecule has 0 spiro atoms. The third-order valence-corrected chi connectivity index (χ3v) is 11.5. The molecule has 4 aliphatic carbocycles. The maximum absolute atomic E-state index is 13.5. The average Bonchev–Trinajstić information content (AvgIpc) is 3.26. The number of hydrogen-bond acceptors (Lipinski definition) is 10. The van der Waals surface area contributed by atoms with Crippen LogP contribution in [0.15, 0.2) is 11.6 Å². The highest BCUT2D eigenvalue weighted by Crippen LogP contribution is 2.67. The Morgan fingerprint density at radius 2 is 1.74 bits per heavy atom. The molecule has 0 aromatic carbocycles. The van der Waals surface area contributed by atoms with Crippen molar-refractivity contribution in [3.05, 3.63) is 11.6 Å². The molecule has 46 heavy (non-hydrogen) atoms. The summed E-state index contributed by atoms with van der Waals surface area (Å²) in [6.07, 6.45) is 3.81. The van der Waals surface area contributed by atoms with Crippen molar-refractivity contribution in [1.82, 2.24) is 10.6 Å². The maximum Gasteiger partial charge on any atom is 0.328 e. The van der Waals surface area contributed by atoms with Gasteiger partial charge in [-0.25, -0.2) is 4.79 Å². The van der Waals surface area contributed by atoms with Crippen molar-refractivity contribution in [2.24, 2.45) is 34.5 Å². The van der Waals surface area contributed by atoms with E-state index in [2.05, 4.69) is 17.6 Å². The lowest BCUT2D eigenvalue weighted by Crippen LogP contribution is -2.62. The molecular weight excluding hydrogens is 600 g/mol. The van der Waals surface area contributed by atoms with Gasteiger partial charge >= 0.3 is 11.9 Å². The van der Waals surface area contributed by atoms with Gasteiger partial charge in [0.2, 0.25) is 17.6 Å². The molecule has 3 saturated carbocycles. The normalized spacial score (nSPS) is 34.7. The molecule has 4 rings (SSSR count). The van der Waals surface area contributed by atoms with Crippen molar-refractivity contribution >= 4 is 35.3 Å². The van der Waals surface area contributed by atoms with Crippen LogP contribution < -0.4 is 10.6 Å². The van der Waals surface area contributed by atoms with Gasteiger partial charge in [-0.15, -0.1) is 0 Å². The fourth-order valence-electron chi connectivity index (χ4n) is 8.93. The summed E-state index contributed by atoms with van der Waals surface area (Å²) in [7, 11) is 0. The number of esters is 1. The van der Waals surface area contributed by atoms with Gasteiger partial charge in [-0.1, -0.05) is 33.3 Å². The second kappa shape index (κ2) is 13.5. The van der Waals surface area contributed by atoms with Crippen LogP contribution in [0.25, 0.3) is 0 Å². The van der Waals surface area contributed by atoms with Gasteiger partial charge in [0.05, 0.1) is 19.1 Å². The summed E-state index contributed by atoms with van der Waals surface area (Å²) in [4.78, 5) is 74.2. The Balaban J connectivity index is 1.33. The van der Waals surface area contributed by atoms with Gasteiger partial charge in [-0.3, -0.25) is 24.0 Å². The predicted molar refractivity (Wildman–Crippen MR) is 162 cm³/mol. The monoisotopic (exact) mass is 648 g/mol. The Morgan fingerprint density at radius 1 is 1.04 bits per heavy atom. The van der Waals surface area contributed by atoms with Crippen LogP contribution in [-0.2, 0) is 33.5 Å². The SMILES string of the molecule is CC(C)[C@H](NC(=O)CCC(=O)OCC(=O)[C@@]1(O)CC[C@H]2[C@H]3CCC4=CC(=O)CC[C@]4(C)[C@@H]3[C@@H](O)C[C@@]21C)C(=O)N[C@H](CO)C(=O)O. The summed E-state index contributed by atoms with van der Waals surface area (Å²) in [6.45, 7) is 5.71. The van der Waals surface area contributed by atoms with E-state index in [0.717, 1.165) is 18.4 Å². The molecule has 0 heterocycles. The number of aliphatic hydroxyl groups is 3. The number of carboxylic acid groups (broad SMARTS) is 1. The molecule has 0 saturated heterocycles. The van der Waals surface area contributed by atoms with Crippen molar-refractivity contribution in [1.29, 1.82) is 0 Å². The van der Waals surface area contributed by atoms with Crippen LogP contribution in [-0.4, -0.2) is 92.7 Å². The summed E-state index contributed by atoms with van der Waals surface area (Å²) < 4.78 is 5.18. The fourth-order valence-corrected chi connectivity index (χ4v) is 8.93. The molecule has 0 bridgehead atoms. The average molecular weight is 649 g/mol. The van der Waals surface area contributed by atoms with Crippen LogP contribution in [0, 0.1) is 34.5 Å². The lowest BCUT2D eigenvalue weighted by atomic mass is 9.45. The highest BCUT2D eigenvalue weighted by atomic mass is 16.5. The Hall–Kier alpha value is -3.16. The standard InChI is InChI=1S/C33H48N2O11/c1-17(2)28(29(42)34-22(15-36)30(43)44)35-25(40)7-8-26(41)46-16-24(39)33(45)12-10-21-20-6-5-18-13-19(37)9-11-31(18,3)27(20)23(38)14-32(21,33)4/h13,17,20-23,27-28,36,38,45H,5-12,14-16H2,1-4H3,(H,34,42)(H,35,40)(H,43,44)/t20-,21+,22-,23+,27+,28+,31+,32+,33+/m1/s1. The number of carboxylic acids is 1. The van der Waals surface area contributed by atoms with Crippen LogP contribution in [0.5, 0.6) is 0 Å². The lowest BCUT2D eigenvalue weighted by Gasteiger charge is -2.60. The van der Waals surface area contributed by atoms with Crippen LogP contribution in [0.1, 0.15) is 85.5 Å². The van der Waals surface area contributed by atoms with Crippen LogP contribution >= 0.6 is 0 Å². The van der Waals surface area contributed by atoms with Gasteiger partial charge in [0.15, 0.2) is 12.4 Å². The minimum atomic E-state index is -1.80. The van der Waals surface area contributed by atoms with E-state index < -0.39 is 84.3 Å². The van der Waals surface area contributed by atoms with Gasteiger partial charge in [-0.2, -0.15) is 0 Å². The zero-order valence-corrected chi connectivity index (χ0v) is 27.0. The number of ketones is 2. The second-order valence-corrected chi connectivity index (χ2v) is 14.4. The van der Waals surface area contributed by atoms with E-state index in [0.29, 0.717) is 19.3 Å².